The van der Waals surface area contributed by atoms with Gasteiger partial charge < -0.3 is 20.3 Å². The maximum atomic E-state index is 14.0. The van der Waals surface area contributed by atoms with E-state index >= 15 is 0 Å². The molecular weight excluding hydrogens is 498 g/mol. The number of pyridine rings is 1. The van der Waals surface area contributed by atoms with Crippen LogP contribution in [0.2, 0.25) is 0 Å². The van der Waals surface area contributed by atoms with Crippen LogP contribution in [-0.4, -0.2) is 53.8 Å². The summed E-state index contributed by atoms with van der Waals surface area (Å²) in [7, 11) is 0. The summed E-state index contributed by atoms with van der Waals surface area (Å²) in [5.41, 5.74) is 2.07. The zero-order valence-corrected chi connectivity index (χ0v) is 22.1. The van der Waals surface area contributed by atoms with Crippen LogP contribution >= 0.6 is 0 Å². The third-order valence-corrected chi connectivity index (χ3v) is 5.44. The van der Waals surface area contributed by atoms with E-state index in [1.165, 1.54) is 19.2 Å². The molecule has 0 atom stereocenters. The van der Waals surface area contributed by atoms with Crippen molar-refractivity contribution in [1.82, 2.24) is 29.6 Å². The van der Waals surface area contributed by atoms with Crippen molar-refractivity contribution < 1.29 is 23.1 Å². The molecule has 0 spiro atoms. The van der Waals surface area contributed by atoms with Crippen molar-refractivity contribution >= 4 is 29.3 Å². The van der Waals surface area contributed by atoms with Gasteiger partial charge in [-0.3, -0.25) is 9.48 Å². The molecule has 0 unspecified atom stereocenters. The van der Waals surface area contributed by atoms with Gasteiger partial charge in [-0.15, -0.1) is 0 Å². The fraction of sp³-hybridized carbons (Fsp3) is 0.440. The molecule has 0 bridgehead atoms. The quantitative estimate of drug-likeness (QED) is 0.492. The number of nitrogens with one attached hydrogen (secondary N) is 2. The van der Waals surface area contributed by atoms with Crippen LogP contribution in [0.3, 0.4) is 0 Å². The number of hydrogen-bond acceptors (Lipinski definition) is 8. The van der Waals surface area contributed by atoms with E-state index in [0.29, 0.717) is 42.3 Å². The molecule has 0 aliphatic carbocycles. The molecule has 4 heterocycles. The Morgan fingerprint density at radius 2 is 1.79 bits per heavy atom. The number of anilines is 3. The minimum atomic E-state index is -3.23. The Morgan fingerprint density at radius 3 is 2.45 bits per heavy atom. The summed E-state index contributed by atoms with van der Waals surface area (Å²) in [6.07, 6.45) is 1.12. The van der Waals surface area contributed by atoms with Gasteiger partial charge in [0.15, 0.2) is 0 Å². The first-order chi connectivity index (χ1) is 17.7. The van der Waals surface area contributed by atoms with E-state index in [4.69, 9.17) is 4.74 Å². The largest absolute Gasteiger partial charge is 0.444 e. The van der Waals surface area contributed by atoms with Crippen molar-refractivity contribution in [2.24, 2.45) is 0 Å². The highest BCUT2D eigenvalue weighted by molar-refractivity contribution is 5.89. The minimum absolute atomic E-state index is 0.148. The molecule has 3 aromatic heterocycles. The molecule has 13 heteroatoms. The first-order valence-electron chi connectivity index (χ1n) is 12.0. The standard InChI is InChI=1S/C25H30F2N8O3/c1-14-9-21(32-22(29-14)25(6,26)27)31-18-11-20(30-15(2)36)28-12-17(18)19-10-16-13-34(7-8-35(16)33-19)23(37)38-24(3,4)5/h9-12H,7-8,13H2,1-6H3,(H2,28,29,30,31,32,36). The van der Waals surface area contributed by atoms with Crippen LogP contribution in [0, 0.1) is 6.92 Å². The second kappa shape index (κ2) is 9.95. The summed E-state index contributed by atoms with van der Waals surface area (Å²) in [6, 6.07) is 4.94. The predicted octanol–water partition coefficient (Wildman–Crippen LogP) is 4.61. The van der Waals surface area contributed by atoms with Crippen LogP contribution < -0.4 is 10.6 Å². The highest BCUT2D eigenvalue weighted by Crippen LogP contribution is 2.33. The number of fused-ring (bicyclic) bond motifs is 1. The Hall–Kier alpha value is -4.16. The van der Waals surface area contributed by atoms with E-state index in [2.05, 4.69) is 30.7 Å². The SMILES string of the molecule is CC(=O)Nc1cc(Nc2cc(C)nc(C(C)(F)F)n2)c(-c2cc3n(n2)CCN(C(=O)OC(C)(C)C)C3)cn1. The summed E-state index contributed by atoms with van der Waals surface area (Å²) >= 11 is 0. The van der Waals surface area contributed by atoms with Gasteiger partial charge in [-0.05, 0) is 33.8 Å². The smallest absolute Gasteiger partial charge is 0.410 e. The lowest BCUT2D eigenvalue weighted by atomic mass is 10.1. The van der Waals surface area contributed by atoms with E-state index in [-0.39, 0.29) is 17.5 Å². The number of nitrogens with zero attached hydrogens (tertiary/aromatic N) is 6. The van der Waals surface area contributed by atoms with Crippen molar-refractivity contribution in [2.75, 3.05) is 17.2 Å². The maximum Gasteiger partial charge on any atom is 0.410 e. The van der Waals surface area contributed by atoms with E-state index < -0.39 is 23.4 Å². The zero-order valence-electron chi connectivity index (χ0n) is 22.1. The van der Waals surface area contributed by atoms with Gasteiger partial charge in [0, 0.05) is 50.0 Å². The number of halogens is 2. The molecule has 202 valence electrons. The molecule has 2 amide bonds. The second-order valence-corrected chi connectivity index (χ2v) is 10.2. The van der Waals surface area contributed by atoms with Crippen LogP contribution in [0.15, 0.2) is 24.4 Å². The highest BCUT2D eigenvalue weighted by Gasteiger charge is 2.30. The number of alkyl halides is 2. The number of hydrogen-bond donors (Lipinski definition) is 2. The highest BCUT2D eigenvalue weighted by atomic mass is 19.3. The third kappa shape index (κ3) is 6.39. The molecule has 0 fully saturated rings. The Morgan fingerprint density at radius 1 is 1.05 bits per heavy atom. The first-order valence-corrected chi connectivity index (χ1v) is 12.0. The van der Waals surface area contributed by atoms with Crippen molar-refractivity contribution in [2.45, 2.75) is 66.2 Å². The van der Waals surface area contributed by atoms with Crippen molar-refractivity contribution in [3.63, 3.8) is 0 Å². The first kappa shape index (κ1) is 26.9. The van der Waals surface area contributed by atoms with Gasteiger partial charge in [0.2, 0.25) is 11.7 Å². The topological polar surface area (TPSA) is 127 Å². The molecule has 0 radical (unpaired) electrons. The van der Waals surface area contributed by atoms with Crippen LogP contribution in [0.5, 0.6) is 0 Å². The molecule has 4 rings (SSSR count). The molecule has 0 aromatic carbocycles. The zero-order chi connectivity index (χ0) is 27.8. The number of amides is 2. The van der Waals surface area contributed by atoms with Crippen LogP contribution in [-0.2, 0) is 28.5 Å². The number of carbonyl (C=O) groups is 2. The van der Waals surface area contributed by atoms with E-state index in [9.17, 15) is 18.4 Å². The lowest BCUT2D eigenvalue weighted by Crippen LogP contribution is -2.41. The molecule has 0 saturated carbocycles. The van der Waals surface area contributed by atoms with Gasteiger partial charge in [-0.2, -0.15) is 13.9 Å². The monoisotopic (exact) mass is 528 g/mol. The number of carbonyl (C=O) groups excluding carboxylic acids is 2. The van der Waals surface area contributed by atoms with Gasteiger partial charge in [0.05, 0.1) is 30.2 Å². The Balaban J connectivity index is 1.68. The molecule has 1 aliphatic rings. The summed E-state index contributed by atoms with van der Waals surface area (Å²) in [4.78, 5) is 37.9. The van der Waals surface area contributed by atoms with Crippen molar-refractivity contribution in [3.05, 3.63) is 41.6 Å². The van der Waals surface area contributed by atoms with E-state index in [1.54, 1.807) is 22.6 Å². The average Bonchev–Trinajstić information content (AvgIpc) is 3.20. The van der Waals surface area contributed by atoms with Crippen LogP contribution in [0.4, 0.5) is 30.9 Å². The molecule has 0 saturated heterocycles. The van der Waals surface area contributed by atoms with Crippen molar-refractivity contribution in [3.8, 4) is 11.3 Å². The summed E-state index contributed by atoms with van der Waals surface area (Å²) in [5, 5.41) is 10.4. The number of aromatic nitrogens is 5. The second-order valence-electron chi connectivity index (χ2n) is 10.2. The maximum absolute atomic E-state index is 14.0. The predicted molar refractivity (Wildman–Crippen MR) is 136 cm³/mol. The Bertz CT molecular complexity index is 1380. The van der Waals surface area contributed by atoms with Gasteiger partial charge in [-0.1, -0.05) is 0 Å². The average molecular weight is 529 g/mol. The minimum Gasteiger partial charge on any atom is -0.444 e. The molecule has 2 N–H and O–H groups in total. The number of aryl methyl sites for hydroxylation is 1. The summed E-state index contributed by atoms with van der Waals surface area (Å²) in [5.74, 6) is -3.75. The molecular formula is C25H30F2N8O3. The van der Waals surface area contributed by atoms with Crippen LogP contribution in [0.25, 0.3) is 11.3 Å². The van der Waals surface area contributed by atoms with Gasteiger partial charge in [0.1, 0.15) is 17.2 Å². The Kier molecular flexibility index (Phi) is 7.04. The summed E-state index contributed by atoms with van der Waals surface area (Å²) in [6.45, 7) is 10.3. The lowest BCUT2D eigenvalue weighted by molar-refractivity contribution is -0.114. The van der Waals surface area contributed by atoms with Gasteiger partial charge in [0.25, 0.3) is 0 Å². The van der Waals surface area contributed by atoms with E-state index in [0.717, 1.165) is 12.6 Å². The molecule has 3 aromatic rings. The Labute approximate surface area is 218 Å². The normalized spacial score (nSPS) is 13.6. The molecule has 1 aliphatic heterocycles. The number of rotatable bonds is 5. The van der Waals surface area contributed by atoms with E-state index in [1.807, 2.05) is 26.8 Å². The van der Waals surface area contributed by atoms with Crippen LogP contribution in [0.1, 0.15) is 51.8 Å². The lowest BCUT2D eigenvalue weighted by Gasteiger charge is -2.30. The van der Waals surface area contributed by atoms with Crippen molar-refractivity contribution in [1.29, 1.82) is 0 Å². The fourth-order valence-corrected chi connectivity index (χ4v) is 3.86. The summed E-state index contributed by atoms with van der Waals surface area (Å²) < 4.78 is 35.2. The van der Waals surface area contributed by atoms with Gasteiger partial charge in [-0.25, -0.2) is 19.7 Å². The fourth-order valence-electron chi connectivity index (χ4n) is 3.86. The third-order valence-electron chi connectivity index (χ3n) is 5.44. The molecule has 38 heavy (non-hydrogen) atoms. The number of ether oxygens (including phenoxy) is 1. The van der Waals surface area contributed by atoms with Gasteiger partial charge >= 0.3 is 12.0 Å². The molecule has 11 nitrogen and oxygen atoms in total.